The number of benzene rings is 1. The maximum atomic E-state index is 12.9. The molecule has 2 aromatic heterocycles. The molecule has 0 spiro atoms. The predicted octanol–water partition coefficient (Wildman–Crippen LogP) is 3.31. The standard InChI is InChI=1S/C24H24N2O8/c1-12-7-19(20(27)11-33-24(30)21-13(2)25-34-15(21)4)14(3)26(12)18-9-16(22(28)31-5)8-17(10-18)23(29)32-6/h7-10H,11H2,1-6H3. The summed E-state index contributed by atoms with van der Waals surface area (Å²) in [5, 5.41) is 3.71. The zero-order valence-corrected chi connectivity index (χ0v) is 19.7. The Morgan fingerprint density at radius 2 is 1.47 bits per heavy atom. The molecule has 0 aliphatic carbocycles. The highest BCUT2D eigenvalue weighted by atomic mass is 16.5. The number of aryl methyl sites for hydroxylation is 3. The molecule has 0 fully saturated rings. The summed E-state index contributed by atoms with van der Waals surface area (Å²) in [7, 11) is 2.47. The first kappa shape index (κ1) is 24.4. The first-order chi connectivity index (χ1) is 16.1. The molecule has 0 unspecified atom stereocenters. The number of hydrogen-bond acceptors (Lipinski definition) is 9. The lowest BCUT2D eigenvalue weighted by Gasteiger charge is -2.13. The topological polar surface area (TPSA) is 127 Å². The third-order valence-corrected chi connectivity index (χ3v) is 5.32. The number of carbonyl (C=O) groups excluding carboxylic acids is 4. The van der Waals surface area contributed by atoms with Gasteiger partial charge in [0.2, 0.25) is 5.78 Å². The number of hydrogen-bond donors (Lipinski definition) is 0. The minimum Gasteiger partial charge on any atom is -0.465 e. The van der Waals surface area contributed by atoms with Crippen LogP contribution in [0.1, 0.15) is 64.3 Å². The molecule has 0 aliphatic rings. The fourth-order valence-electron chi connectivity index (χ4n) is 3.71. The number of aromatic nitrogens is 2. The van der Waals surface area contributed by atoms with Gasteiger partial charge in [-0.15, -0.1) is 0 Å². The number of esters is 3. The van der Waals surface area contributed by atoms with Gasteiger partial charge in [-0.1, -0.05) is 5.16 Å². The van der Waals surface area contributed by atoms with Crippen molar-refractivity contribution >= 4 is 23.7 Å². The maximum Gasteiger partial charge on any atom is 0.344 e. The number of methoxy groups -OCH3 is 2. The van der Waals surface area contributed by atoms with Crippen molar-refractivity contribution in [2.45, 2.75) is 27.7 Å². The summed E-state index contributed by atoms with van der Waals surface area (Å²) >= 11 is 0. The third-order valence-electron chi connectivity index (χ3n) is 5.32. The van der Waals surface area contributed by atoms with Gasteiger partial charge in [-0.25, -0.2) is 14.4 Å². The third kappa shape index (κ3) is 4.61. The van der Waals surface area contributed by atoms with Gasteiger partial charge in [-0.3, -0.25) is 4.79 Å². The first-order valence-electron chi connectivity index (χ1n) is 10.2. The average Bonchev–Trinajstić information content (AvgIpc) is 3.32. The molecular weight excluding hydrogens is 444 g/mol. The molecule has 0 bridgehead atoms. The lowest BCUT2D eigenvalue weighted by atomic mass is 10.1. The van der Waals surface area contributed by atoms with Crippen molar-refractivity contribution in [2.24, 2.45) is 0 Å². The second kappa shape index (κ2) is 9.74. The Labute approximate surface area is 195 Å². The smallest absolute Gasteiger partial charge is 0.344 e. The van der Waals surface area contributed by atoms with Crippen molar-refractivity contribution in [1.29, 1.82) is 0 Å². The van der Waals surface area contributed by atoms with Gasteiger partial charge in [0.05, 0.1) is 31.0 Å². The Balaban J connectivity index is 1.93. The molecule has 0 amide bonds. The minimum absolute atomic E-state index is 0.147. The monoisotopic (exact) mass is 468 g/mol. The van der Waals surface area contributed by atoms with Gasteiger partial charge < -0.3 is 23.3 Å². The van der Waals surface area contributed by atoms with E-state index in [1.165, 1.54) is 20.3 Å². The highest BCUT2D eigenvalue weighted by Crippen LogP contribution is 2.24. The number of nitrogens with zero attached hydrogens (tertiary/aromatic N) is 2. The summed E-state index contributed by atoms with van der Waals surface area (Å²) < 4.78 is 21.4. The normalized spacial score (nSPS) is 10.6. The van der Waals surface area contributed by atoms with Crippen molar-refractivity contribution in [2.75, 3.05) is 20.8 Å². The fraction of sp³-hybridized carbons (Fsp3) is 0.292. The average molecular weight is 468 g/mol. The van der Waals surface area contributed by atoms with E-state index in [0.29, 0.717) is 34.1 Å². The Hall–Kier alpha value is -4.21. The predicted molar refractivity (Wildman–Crippen MR) is 119 cm³/mol. The molecule has 0 aliphatic heterocycles. The lowest BCUT2D eigenvalue weighted by Crippen LogP contribution is -2.16. The Morgan fingerprint density at radius 1 is 0.882 bits per heavy atom. The molecule has 0 N–H and O–H groups in total. The van der Waals surface area contributed by atoms with Crippen molar-refractivity contribution < 1.29 is 37.9 Å². The van der Waals surface area contributed by atoms with Gasteiger partial charge in [0.1, 0.15) is 11.3 Å². The quantitative estimate of drug-likeness (QED) is 0.291. The zero-order chi connectivity index (χ0) is 25.2. The number of Topliss-reactive ketones (excluding diaryl/α,β-unsaturated/α-hetero) is 1. The van der Waals surface area contributed by atoms with Crippen LogP contribution >= 0.6 is 0 Å². The summed E-state index contributed by atoms with van der Waals surface area (Å²) in [6.07, 6.45) is 0. The van der Waals surface area contributed by atoms with Crippen LogP contribution in [-0.4, -0.2) is 54.2 Å². The number of ether oxygens (including phenoxy) is 3. The summed E-state index contributed by atoms with van der Waals surface area (Å²) in [6, 6.07) is 6.10. The highest BCUT2D eigenvalue weighted by Gasteiger charge is 2.23. The molecule has 3 rings (SSSR count). The van der Waals surface area contributed by atoms with E-state index in [-0.39, 0.29) is 16.7 Å². The largest absolute Gasteiger partial charge is 0.465 e. The number of rotatable bonds is 7. The summed E-state index contributed by atoms with van der Waals surface area (Å²) in [6.45, 7) is 6.18. The van der Waals surface area contributed by atoms with Crippen molar-refractivity contribution in [1.82, 2.24) is 9.72 Å². The van der Waals surface area contributed by atoms with E-state index in [0.717, 1.165) is 0 Å². The molecule has 0 atom stereocenters. The fourth-order valence-corrected chi connectivity index (χ4v) is 3.71. The summed E-state index contributed by atoms with van der Waals surface area (Å²) in [5.41, 5.74) is 2.85. The van der Waals surface area contributed by atoms with Gasteiger partial charge in [-0.2, -0.15) is 0 Å². The van der Waals surface area contributed by atoms with E-state index in [1.54, 1.807) is 50.5 Å². The lowest BCUT2D eigenvalue weighted by molar-refractivity contribution is 0.0471. The Bertz CT molecular complexity index is 1240. The summed E-state index contributed by atoms with van der Waals surface area (Å²) in [5.74, 6) is -2.07. The van der Waals surface area contributed by atoms with Crippen LogP contribution in [0, 0.1) is 27.7 Å². The van der Waals surface area contributed by atoms with E-state index >= 15 is 0 Å². The molecule has 34 heavy (non-hydrogen) atoms. The van der Waals surface area contributed by atoms with Gasteiger partial charge in [0.15, 0.2) is 6.61 Å². The molecule has 2 heterocycles. The van der Waals surface area contributed by atoms with Crippen molar-refractivity contribution in [3.05, 3.63) is 69.4 Å². The highest BCUT2D eigenvalue weighted by molar-refractivity contribution is 6.01. The van der Waals surface area contributed by atoms with Crippen LogP contribution in [0.4, 0.5) is 0 Å². The molecule has 178 valence electrons. The van der Waals surface area contributed by atoms with Crippen LogP contribution in [0.2, 0.25) is 0 Å². The van der Waals surface area contributed by atoms with Crippen LogP contribution in [-0.2, 0) is 14.2 Å². The molecule has 0 saturated heterocycles. The molecule has 0 saturated carbocycles. The minimum atomic E-state index is -0.702. The zero-order valence-electron chi connectivity index (χ0n) is 19.7. The van der Waals surface area contributed by atoms with E-state index in [2.05, 4.69) is 5.16 Å². The SMILES string of the molecule is COC(=O)c1cc(C(=O)OC)cc(-n2c(C)cc(C(=O)COC(=O)c3c(C)noc3C)c2C)c1. The number of ketones is 1. The molecular formula is C24H24N2O8. The van der Waals surface area contributed by atoms with Crippen molar-refractivity contribution in [3.63, 3.8) is 0 Å². The van der Waals surface area contributed by atoms with Crippen LogP contribution in [0.25, 0.3) is 5.69 Å². The molecule has 0 radical (unpaired) electrons. The van der Waals surface area contributed by atoms with Crippen molar-refractivity contribution in [3.8, 4) is 5.69 Å². The van der Waals surface area contributed by atoms with Crippen LogP contribution in [0.3, 0.4) is 0 Å². The molecule has 3 aromatic rings. The number of carbonyl (C=O) groups is 4. The van der Waals surface area contributed by atoms with Crippen LogP contribution < -0.4 is 0 Å². The molecule has 10 heteroatoms. The second-order valence-corrected chi connectivity index (χ2v) is 7.57. The van der Waals surface area contributed by atoms with E-state index < -0.39 is 30.3 Å². The maximum absolute atomic E-state index is 12.9. The summed E-state index contributed by atoms with van der Waals surface area (Å²) in [4.78, 5) is 49.5. The van der Waals surface area contributed by atoms with E-state index in [4.69, 9.17) is 18.7 Å². The first-order valence-corrected chi connectivity index (χ1v) is 10.2. The van der Waals surface area contributed by atoms with Gasteiger partial charge >= 0.3 is 17.9 Å². The van der Waals surface area contributed by atoms with Crippen LogP contribution in [0.5, 0.6) is 0 Å². The Kier molecular flexibility index (Phi) is 7.00. The van der Waals surface area contributed by atoms with E-state index in [1.807, 2.05) is 0 Å². The molecule has 10 nitrogen and oxygen atoms in total. The van der Waals surface area contributed by atoms with Gasteiger partial charge in [0, 0.05) is 22.6 Å². The van der Waals surface area contributed by atoms with Crippen LogP contribution in [0.15, 0.2) is 28.8 Å². The molecule has 1 aromatic carbocycles. The Morgan fingerprint density at radius 3 is 1.97 bits per heavy atom. The van der Waals surface area contributed by atoms with Gasteiger partial charge in [-0.05, 0) is 52.0 Å². The second-order valence-electron chi connectivity index (χ2n) is 7.57. The van der Waals surface area contributed by atoms with Gasteiger partial charge in [0.25, 0.3) is 0 Å². The van der Waals surface area contributed by atoms with E-state index in [9.17, 15) is 19.2 Å².